The molecule has 8 nitrogen and oxygen atoms in total. The van der Waals surface area contributed by atoms with E-state index in [1.54, 1.807) is 42.5 Å². The van der Waals surface area contributed by atoms with E-state index in [0.717, 1.165) is 11.1 Å². The first kappa shape index (κ1) is 20.1. The van der Waals surface area contributed by atoms with Gasteiger partial charge in [0.25, 0.3) is 11.8 Å². The zero-order chi connectivity index (χ0) is 20.0. The molecule has 0 aliphatic heterocycles. The SMILES string of the molecule is COc1ccc(-c2ccc(C(=O)N[C@H](C(=O)NO)[C@@H](C)O)cc2)cc1C=O. The average molecular weight is 372 g/mol. The van der Waals surface area contributed by atoms with Crippen LogP contribution in [0.15, 0.2) is 42.5 Å². The molecule has 0 aromatic heterocycles. The van der Waals surface area contributed by atoms with Crippen LogP contribution in [0, 0.1) is 0 Å². The second kappa shape index (κ2) is 8.93. The van der Waals surface area contributed by atoms with Gasteiger partial charge < -0.3 is 15.2 Å². The number of aldehydes is 1. The van der Waals surface area contributed by atoms with E-state index in [1.807, 2.05) is 0 Å². The summed E-state index contributed by atoms with van der Waals surface area (Å²) in [6, 6.07) is 10.3. The van der Waals surface area contributed by atoms with Crippen molar-refractivity contribution < 1.29 is 29.4 Å². The zero-order valence-corrected chi connectivity index (χ0v) is 14.8. The molecule has 2 amide bonds. The van der Waals surface area contributed by atoms with Crippen LogP contribution in [0.1, 0.15) is 27.6 Å². The number of ether oxygens (including phenoxy) is 1. The summed E-state index contributed by atoms with van der Waals surface area (Å²) in [4.78, 5) is 34.9. The first-order chi connectivity index (χ1) is 12.9. The Morgan fingerprint density at radius 1 is 1.11 bits per heavy atom. The van der Waals surface area contributed by atoms with E-state index >= 15 is 0 Å². The first-order valence-electron chi connectivity index (χ1n) is 8.07. The Morgan fingerprint density at radius 3 is 2.26 bits per heavy atom. The van der Waals surface area contributed by atoms with Crippen molar-refractivity contribution in [1.82, 2.24) is 10.8 Å². The van der Waals surface area contributed by atoms with Gasteiger partial charge in [0, 0.05) is 5.56 Å². The Morgan fingerprint density at radius 2 is 1.74 bits per heavy atom. The topological polar surface area (TPSA) is 125 Å². The Labute approximate surface area is 155 Å². The summed E-state index contributed by atoms with van der Waals surface area (Å²) < 4.78 is 5.11. The van der Waals surface area contributed by atoms with Crippen molar-refractivity contribution in [3.8, 4) is 16.9 Å². The van der Waals surface area contributed by atoms with Crippen LogP contribution in [0.5, 0.6) is 5.75 Å². The van der Waals surface area contributed by atoms with Gasteiger partial charge in [0.2, 0.25) is 0 Å². The number of hydrogen-bond donors (Lipinski definition) is 4. The van der Waals surface area contributed by atoms with Crippen molar-refractivity contribution in [2.24, 2.45) is 0 Å². The van der Waals surface area contributed by atoms with E-state index in [1.165, 1.54) is 19.5 Å². The number of amides is 2. The summed E-state index contributed by atoms with van der Waals surface area (Å²) in [7, 11) is 1.48. The molecular formula is C19H20N2O6. The second-order valence-electron chi connectivity index (χ2n) is 5.82. The normalized spacial score (nSPS) is 12.6. The number of aliphatic hydroxyl groups excluding tert-OH is 1. The summed E-state index contributed by atoms with van der Waals surface area (Å²) >= 11 is 0. The average Bonchev–Trinajstić information content (AvgIpc) is 2.70. The van der Waals surface area contributed by atoms with Gasteiger partial charge in [0.05, 0.1) is 18.8 Å². The molecule has 0 aliphatic carbocycles. The second-order valence-corrected chi connectivity index (χ2v) is 5.82. The van der Waals surface area contributed by atoms with Crippen molar-refractivity contribution in [2.45, 2.75) is 19.1 Å². The molecule has 0 bridgehead atoms. The fraction of sp³-hybridized carbons (Fsp3) is 0.211. The molecule has 0 spiro atoms. The monoisotopic (exact) mass is 372 g/mol. The summed E-state index contributed by atoms with van der Waals surface area (Å²) in [5, 5.41) is 20.6. The molecule has 27 heavy (non-hydrogen) atoms. The number of nitrogens with one attached hydrogen (secondary N) is 2. The van der Waals surface area contributed by atoms with Crippen LogP contribution in [0.3, 0.4) is 0 Å². The molecule has 0 unspecified atom stereocenters. The number of carbonyl (C=O) groups excluding carboxylic acids is 3. The Hall–Kier alpha value is -3.23. The molecule has 4 N–H and O–H groups in total. The van der Waals surface area contributed by atoms with E-state index in [9.17, 15) is 19.5 Å². The van der Waals surface area contributed by atoms with Crippen molar-refractivity contribution >= 4 is 18.1 Å². The molecule has 2 aromatic carbocycles. The molecular weight excluding hydrogens is 352 g/mol. The van der Waals surface area contributed by atoms with Crippen LogP contribution < -0.4 is 15.5 Å². The van der Waals surface area contributed by atoms with E-state index < -0.39 is 24.0 Å². The first-order valence-corrected chi connectivity index (χ1v) is 8.07. The van der Waals surface area contributed by atoms with Crippen LogP contribution in [0.4, 0.5) is 0 Å². The summed E-state index contributed by atoms with van der Waals surface area (Å²) in [6.07, 6.45) is -0.492. The van der Waals surface area contributed by atoms with Crippen LogP contribution in [-0.2, 0) is 4.79 Å². The number of hydrogen-bond acceptors (Lipinski definition) is 6. The Kier molecular flexibility index (Phi) is 6.64. The van der Waals surface area contributed by atoms with Crippen molar-refractivity contribution in [3.63, 3.8) is 0 Å². The van der Waals surface area contributed by atoms with Gasteiger partial charge in [0.15, 0.2) is 6.29 Å². The third-order valence-electron chi connectivity index (χ3n) is 4.00. The molecule has 2 aromatic rings. The fourth-order valence-corrected chi connectivity index (χ4v) is 2.52. The summed E-state index contributed by atoms with van der Waals surface area (Å²) in [6.45, 7) is 1.32. The van der Waals surface area contributed by atoms with Crippen LogP contribution in [-0.4, -0.2) is 47.7 Å². The Bertz CT molecular complexity index is 833. The predicted octanol–water partition coefficient (Wildman–Crippen LogP) is 1.16. The molecule has 2 rings (SSSR count). The maximum Gasteiger partial charge on any atom is 0.268 e. The number of rotatable bonds is 7. The molecule has 0 heterocycles. The molecule has 8 heteroatoms. The molecule has 0 aliphatic rings. The van der Waals surface area contributed by atoms with E-state index in [4.69, 9.17) is 9.94 Å². The summed E-state index contributed by atoms with van der Waals surface area (Å²) in [5.74, 6) is -1.04. The van der Waals surface area contributed by atoms with Gasteiger partial charge in [-0.2, -0.15) is 0 Å². The highest BCUT2D eigenvalue weighted by Gasteiger charge is 2.25. The molecule has 0 radical (unpaired) electrons. The molecule has 0 fully saturated rings. The lowest BCUT2D eigenvalue weighted by molar-refractivity contribution is -0.133. The third kappa shape index (κ3) is 4.69. The van der Waals surface area contributed by atoms with Crippen LogP contribution >= 0.6 is 0 Å². The summed E-state index contributed by atoms with van der Waals surface area (Å²) in [5.41, 5.74) is 3.62. The highest BCUT2D eigenvalue weighted by molar-refractivity contribution is 5.98. The standard InChI is InChI=1S/C19H20N2O6/c1-11(23)17(19(25)21-26)20-18(24)13-5-3-12(4-6-13)14-7-8-16(27-2)15(9-14)10-22/h3-11,17,23,26H,1-2H3,(H,20,24)(H,21,25)/t11-,17+/m1/s1. The fourth-order valence-electron chi connectivity index (χ4n) is 2.52. The number of methoxy groups -OCH3 is 1. The van der Waals surface area contributed by atoms with Gasteiger partial charge in [-0.25, -0.2) is 5.48 Å². The quantitative estimate of drug-likeness (QED) is 0.328. The largest absolute Gasteiger partial charge is 0.496 e. The van der Waals surface area contributed by atoms with Gasteiger partial charge in [-0.15, -0.1) is 0 Å². The van der Waals surface area contributed by atoms with Crippen molar-refractivity contribution in [2.75, 3.05) is 7.11 Å². The highest BCUT2D eigenvalue weighted by Crippen LogP contribution is 2.26. The van der Waals surface area contributed by atoms with Gasteiger partial charge in [0.1, 0.15) is 11.8 Å². The maximum atomic E-state index is 12.3. The minimum Gasteiger partial charge on any atom is -0.496 e. The van der Waals surface area contributed by atoms with Gasteiger partial charge in [-0.1, -0.05) is 18.2 Å². The minimum atomic E-state index is -1.29. The lowest BCUT2D eigenvalue weighted by Gasteiger charge is -2.19. The number of hydroxylamine groups is 1. The smallest absolute Gasteiger partial charge is 0.268 e. The Balaban J connectivity index is 2.20. The van der Waals surface area contributed by atoms with E-state index in [-0.39, 0.29) is 5.56 Å². The van der Waals surface area contributed by atoms with E-state index in [2.05, 4.69) is 5.32 Å². The molecule has 142 valence electrons. The minimum absolute atomic E-state index is 0.263. The lowest BCUT2D eigenvalue weighted by Crippen LogP contribution is -2.51. The van der Waals surface area contributed by atoms with Crippen LogP contribution in [0.25, 0.3) is 11.1 Å². The number of aliphatic hydroxyl groups is 1. The number of carbonyl (C=O) groups is 3. The predicted molar refractivity (Wildman–Crippen MR) is 96.7 cm³/mol. The third-order valence-corrected chi connectivity index (χ3v) is 4.00. The van der Waals surface area contributed by atoms with Crippen molar-refractivity contribution in [1.29, 1.82) is 0 Å². The van der Waals surface area contributed by atoms with Gasteiger partial charge in [-0.3, -0.25) is 19.6 Å². The molecule has 0 saturated heterocycles. The lowest BCUT2D eigenvalue weighted by atomic mass is 10.0. The molecule has 2 atom stereocenters. The van der Waals surface area contributed by atoms with Crippen LogP contribution in [0.2, 0.25) is 0 Å². The van der Waals surface area contributed by atoms with Gasteiger partial charge >= 0.3 is 0 Å². The van der Waals surface area contributed by atoms with E-state index in [0.29, 0.717) is 17.6 Å². The van der Waals surface area contributed by atoms with Crippen molar-refractivity contribution in [3.05, 3.63) is 53.6 Å². The maximum absolute atomic E-state index is 12.3. The highest BCUT2D eigenvalue weighted by atomic mass is 16.5. The zero-order valence-electron chi connectivity index (χ0n) is 14.8. The molecule has 0 saturated carbocycles. The van der Waals surface area contributed by atoms with Gasteiger partial charge in [-0.05, 0) is 42.3 Å². The number of benzene rings is 2.